The van der Waals surface area contributed by atoms with Crippen LogP contribution in [0, 0.1) is 0 Å². The van der Waals surface area contributed by atoms with Crippen LogP contribution in [0.4, 0.5) is 0 Å². The van der Waals surface area contributed by atoms with Gasteiger partial charge in [-0.25, -0.2) is 0 Å². The highest BCUT2D eigenvalue weighted by Gasteiger charge is 1.72. The molecule has 0 aliphatic rings. The summed E-state index contributed by atoms with van der Waals surface area (Å²) >= 11 is 0. The van der Waals surface area contributed by atoms with Gasteiger partial charge in [0.25, 0.3) is 0 Å². The van der Waals surface area contributed by atoms with Crippen LogP contribution in [-0.4, -0.2) is 6.21 Å². The second-order valence-corrected chi connectivity index (χ2v) is 1.25. The molecule has 0 aliphatic heterocycles. The number of aliphatic imine (C=N–C) groups is 1. The Hall–Kier alpha value is -1.05. The molecule has 0 saturated heterocycles. The zero-order chi connectivity index (χ0) is 6.41. The van der Waals surface area contributed by atoms with E-state index >= 15 is 0 Å². The molecule has 2 heteroatoms. The van der Waals surface area contributed by atoms with Gasteiger partial charge in [0.1, 0.15) is 0 Å². The molecule has 0 spiro atoms. The van der Waals surface area contributed by atoms with Gasteiger partial charge in [-0.1, -0.05) is 12.7 Å². The summed E-state index contributed by atoms with van der Waals surface area (Å²) in [5.41, 5.74) is 5.98. The summed E-state index contributed by atoms with van der Waals surface area (Å²) in [5.74, 6) is 0. The molecule has 0 saturated carbocycles. The number of rotatable bonds is 2. The average molecular weight is 110 g/mol. The summed E-state index contributed by atoms with van der Waals surface area (Å²) in [6.45, 7) is 5.24. The predicted molar refractivity (Wildman–Crippen MR) is 36.6 cm³/mol. The van der Waals surface area contributed by atoms with Crippen LogP contribution in [0.1, 0.15) is 6.92 Å². The molecule has 44 valence electrons. The molecule has 0 aliphatic carbocycles. The van der Waals surface area contributed by atoms with Crippen molar-refractivity contribution >= 4 is 6.21 Å². The molecule has 0 bridgehead atoms. The Balaban J connectivity index is 3.69. The van der Waals surface area contributed by atoms with Crippen molar-refractivity contribution in [2.45, 2.75) is 6.92 Å². The first-order valence-electron chi connectivity index (χ1n) is 2.37. The third-order valence-corrected chi connectivity index (χ3v) is 0.662. The van der Waals surface area contributed by atoms with Gasteiger partial charge in [-0.2, -0.15) is 0 Å². The first-order chi connectivity index (χ1) is 3.81. The molecule has 2 nitrogen and oxygen atoms in total. The van der Waals surface area contributed by atoms with E-state index in [9.17, 15) is 0 Å². The zero-order valence-electron chi connectivity index (χ0n) is 4.96. The van der Waals surface area contributed by atoms with Gasteiger partial charge in [-0.05, 0) is 6.92 Å². The monoisotopic (exact) mass is 110 g/mol. The Kier molecular flexibility index (Phi) is 3.58. The third kappa shape index (κ3) is 3.15. The van der Waals surface area contributed by atoms with Gasteiger partial charge in [0.15, 0.2) is 0 Å². The van der Waals surface area contributed by atoms with Crippen LogP contribution in [0.25, 0.3) is 0 Å². The first-order valence-corrected chi connectivity index (χ1v) is 2.37. The summed E-state index contributed by atoms with van der Waals surface area (Å²) in [6.07, 6.45) is 4.76. The smallest absolute Gasteiger partial charge is 0.0493 e. The molecule has 8 heavy (non-hydrogen) atoms. The van der Waals surface area contributed by atoms with Crippen molar-refractivity contribution in [1.82, 2.24) is 0 Å². The van der Waals surface area contributed by atoms with Crippen LogP contribution in [0.2, 0.25) is 0 Å². The van der Waals surface area contributed by atoms with E-state index in [2.05, 4.69) is 11.6 Å². The summed E-state index contributed by atoms with van der Waals surface area (Å²) < 4.78 is 0. The largest absolute Gasteiger partial charge is 0.398 e. The highest BCUT2D eigenvalue weighted by molar-refractivity contribution is 5.77. The lowest BCUT2D eigenvalue weighted by molar-refractivity contribution is 1.44. The van der Waals surface area contributed by atoms with Crippen LogP contribution in [0.5, 0.6) is 0 Å². The van der Waals surface area contributed by atoms with E-state index in [4.69, 9.17) is 5.73 Å². The molecular formula is C6H10N2. The van der Waals surface area contributed by atoms with Gasteiger partial charge in [0, 0.05) is 18.1 Å². The minimum Gasteiger partial charge on any atom is -0.398 e. The van der Waals surface area contributed by atoms with E-state index in [0.29, 0.717) is 5.70 Å². The molecule has 0 aromatic heterocycles. The summed E-state index contributed by atoms with van der Waals surface area (Å²) in [5, 5.41) is 0. The van der Waals surface area contributed by atoms with Gasteiger partial charge in [0.2, 0.25) is 0 Å². The van der Waals surface area contributed by atoms with E-state index in [1.165, 1.54) is 6.20 Å². The van der Waals surface area contributed by atoms with Gasteiger partial charge >= 0.3 is 0 Å². The standard InChI is InChI=1S/C6H10N2/c1-3-6(7)5-8-4-2/h3-5H,2,7H2,1H3/b6-3+,8-5?. The second kappa shape index (κ2) is 4.12. The van der Waals surface area contributed by atoms with Crippen molar-refractivity contribution in [2.24, 2.45) is 10.7 Å². The lowest BCUT2D eigenvalue weighted by Gasteiger charge is -1.82. The van der Waals surface area contributed by atoms with Crippen LogP contribution < -0.4 is 5.73 Å². The number of allylic oxidation sites excluding steroid dienone is 2. The van der Waals surface area contributed by atoms with Crippen molar-refractivity contribution in [3.63, 3.8) is 0 Å². The maximum atomic E-state index is 5.32. The maximum Gasteiger partial charge on any atom is 0.0493 e. The minimum atomic E-state index is 0.657. The van der Waals surface area contributed by atoms with Gasteiger partial charge < -0.3 is 5.73 Å². The molecule has 0 heterocycles. The molecule has 0 atom stereocenters. The molecule has 0 fully saturated rings. The Morgan fingerprint density at radius 3 is 2.75 bits per heavy atom. The highest BCUT2D eigenvalue weighted by Crippen LogP contribution is 1.75. The quantitative estimate of drug-likeness (QED) is 0.530. The van der Waals surface area contributed by atoms with E-state index in [1.54, 1.807) is 12.3 Å². The third-order valence-electron chi connectivity index (χ3n) is 0.662. The summed E-state index contributed by atoms with van der Waals surface area (Å²) in [7, 11) is 0. The zero-order valence-corrected chi connectivity index (χ0v) is 4.96. The lowest BCUT2D eigenvalue weighted by atomic mass is 10.5. The van der Waals surface area contributed by atoms with Gasteiger partial charge in [-0.3, -0.25) is 4.99 Å². The number of hydrogen-bond donors (Lipinski definition) is 1. The highest BCUT2D eigenvalue weighted by atomic mass is 14.7. The van der Waals surface area contributed by atoms with Crippen molar-refractivity contribution in [2.75, 3.05) is 0 Å². The molecule has 0 aromatic carbocycles. The molecule has 0 amide bonds. The van der Waals surface area contributed by atoms with Gasteiger partial charge in [-0.15, -0.1) is 0 Å². The SMILES string of the molecule is C=CN=C/C(N)=C\C. The van der Waals surface area contributed by atoms with E-state index in [-0.39, 0.29) is 0 Å². The normalized spacial score (nSPS) is 12.4. The molecule has 0 unspecified atom stereocenters. The molecule has 0 radical (unpaired) electrons. The summed E-state index contributed by atoms with van der Waals surface area (Å²) in [4.78, 5) is 3.69. The van der Waals surface area contributed by atoms with E-state index < -0.39 is 0 Å². The molecule has 0 rings (SSSR count). The Morgan fingerprint density at radius 1 is 1.75 bits per heavy atom. The molecule has 0 aromatic rings. The topological polar surface area (TPSA) is 38.4 Å². The van der Waals surface area contributed by atoms with Crippen LogP contribution in [0.15, 0.2) is 29.5 Å². The lowest BCUT2D eigenvalue weighted by Crippen LogP contribution is -1.95. The average Bonchev–Trinajstić information content (AvgIpc) is 1.83. The Bertz CT molecular complexity index is 122. The van der Waals surface area contributed by atoms with E-state index in [1.807, 2.05) is 6.92 Å². The maximum absolute atomic E-state index is 5.32. The summed E-state index contributed by atoms with van der Waals surface area (Å²) in [6, 6.07) is 0. The van der Waals surface area contributed by atoms with Crippen LogP contribution in [-0.2, 0) is 0 Å². The van der Waals surface area contributed by atoms with E-state index in [0.717, 1.165) is 0 Å². The fraction of sp³-hybridized carbons (Fsp3) is 0.167. The predicted octanol–water partition coefficient (Wildman–Crippen LogP) is 1.06. The van der Waals surface area contributed by atoms with Crippen molar-refractivity contribution in [3.05, 3.63) is 24.6 Å². The Labute approximate surface area is 49.4 Å². The van der Waals surface area contributed by atoms with Crippen molar-refractivity contribution in [3.8, 4) is 0 Å². The number of nitrogens with zero attached hydrogens (tertiary/aromatic N) is 1. The fourth-order valence-electron chi connectivity index (χ4n) is 0.213. The molecule has 2 N–H and O–H groups in total. The van der Waals surface area contributed by atoms with Gasteiger partial charge in [0.05, 0.1) is 0 Å². The number of nitrogens with two attached hydrogens (primary N) is 1. The minimum absolute atomic E-state index is 0.657. The second-order valence-electron chi connectivity index (χ2n) is 1.25. The Morgan fingerprint density at radius 2 is 2.38 bits per heavy atom. The fourth-order valence-corrected chi connectivity index (χ4v) is 0.213. The van der Waals surface area contributed by atoms with Crippen LogP contribution in [0.3, 0.4) is 0 Å². The van der Waals surface area contributed by atoms with Crippen molar-refractivity contribution < 1.29 is 0 Å². The van der Waals surface area contributed by atoms with Crippen molar-refractivity contribution in [1.29, 1.82) is 0 Å². The molecular weight excluding hydrogens is 100 g/mol. The van der Waals surface area contributed by atoms with Crippen LogP contribution >= 0.6 is 0 Å². The first kappa shape index (κ1) is 6.95. The number of hydrogen-bond acceptors (Lipinski definition) is 2.